The van der Waals surface area contributed by atoms with Crippen molar-refractivity contribution < 1.29 is 0 Å². The molecule has 3 heteroatoms. The number of nitrogens with zero attached hydrogens (tertiary/aromatic N) is 1. The number of nitrogens with two attached hydrogens (primary N) is 1. The fraction of sp³-hybridized carbons (Fsp3) is 0.727. The number of imidazole rings is 1. The van der Waals surface area contributed by atoms with Crippen LogP contribution in [-0.4, -0.2) is 16.5 Å². The van der Waals surface area contributed by atoms with E-state index < -0.39 is 0 Å². The van der Waals surface area contributed by atoms with Crippen molar-refractivity contribution in [2.75, 3.05) is 6.54 Å². The van der Waals surface area contributed by atoms with Crippen LogP contribution in [-0.2, 0) is 5.41 Å². The van der Waals surface area contributed by atoms with Crippen LogP contribution in [0.2, 0.25) is 0 Å². The minimum Gasteiger partial charge on any atom is -0.345 e. The minimum absolute atomic E-state index is 0.147. The molecular formula is C11H21N3. The lowest BCUT2D eigenvalue weighted by Gasteiger charge is -2.15. The summed E-state index contributed by atoms with van der Waals surface area (Å²) in [6.45, 7) is 9.40. The maximum Gasteiger partial charge on any atom is 0.109 e. The molecule has 0 aliphatic heterocycles. The topological polar surface area (TPSA) is 54.7 Å². The van der Waals surface area contributed by atoms with Crippen LogP contribution in [0.1, 0.15) is 51.6 Å². The molecule has 1 unspecified atom stereocenters. The van der Waals surface area contributed by atoms with E-state index in [9.17, 15) is 0 Å². The zero-order valence-corrected chi connectivity index (χ0v) is 9.59. The van der Waals surface area contributed by atoms with Gasteiger partial charge < -0.3 is 10.7 Å². The zero-order chi connectivity index (χ0) is 10.8. The summed E-state index contributed by atoms with van der Waals surface area (Å²) in [6.07, 6.45) is 2.92. The van der Waals surface area contributed by atoms with Gasteiger partial charge in [0.25, 0.3) is 0 Å². The van der Waals surface area contributed by atoms with Gasteiger partial charge in [0, 0.05) is 23.2 Å². The van der Waals surface area contributed by atoms with Crippen LogP contribution in [0.4, 0.5) is 0 Å². The second kappa shape index (κ2) is 4.13. The molecule has 0 amide bonds. The summed E-state index contributed by atoms with van der Waals surface area (Å²) in [6, 6.07) is 0. The van der Waals surface area contributed by atoms with Gasteiger partial charge in [-0.2, -0.15) is 0 Å². The van der Waals surface area contributed by atoms with Crippen LogP contribution in [0.5, 0.6) is 0 Å². The van der Waals surface area contributed by atoms with Crippen LogP contribution < -0.4 is 5.73 Å². The van der Waals surface area contributed by atoms with Crippen LogP contribution in [0, 0.1) is 0 Å². The van der Waals surface area contributed by atoms with Gasteiger partial charge >= 0.3 is 0 Å². The van der Waals surface area contributed by atoms with E-state index in [1.54, 1.807) is 0 Å². The molecule has 0 saturated heterocycles. The van der Waals surface area contributed by atoms with Crippen molar-refractivity contribution in [2.45, 2.75) is 45.4 Å². The predicted molar refractivity (Wildman–Crippen MR) is 59.4 cm³/mol. The third kappa shape index (κ3) is 2.58. The number of nitrogens with one attached hydrogen (secondary N) is 1. The molecule has 0 radical (unpaired) electrons. The standard InChI is InChI=1S/C11H21N3/c1-8(5-6-12)10-13-7-9(14-10)11(2,3)4/h7-8H,5-6,12H2,1-4H3,(H,13,14). The van der Waals surface area contributed by atoms with Crippen molar-refractivity contribution in [3.8, 4) is 0 Å². The van der Waals surface area contributed by atoms with Crippen molar-refractivity contribution in [1.29, 1.82) is 0 Å². The monoisotopic (exact) mass is 195 g/mol. The Morgan fingerprint density at radius 3 is 2.57 bits per heavy atom. The van der Waals surface area contributed by atoms with E-state index >= 15 is 0 Å². The molecule has 1 aromatic heterocycles. The number of H-pyrrole nitrogens is 1. The number of rotatable bonds is 3. The third-order valence-corrected chi connectivity index (χ3v) is 2.47. The summed E-state index contributed by atoms with van der Waals surface area (Å²) in [5.74, 6) is 1.48. The Hall–Kier alpha value is -0.830. The SMILES string of the molecule is CC(CCN)c1ncc(C(C)(C)C)[nH]1. The number of aromatic nitrogens is 2. The second-order valence-electron chi connectivity index (χ2n) is 4.91. The summed E-state index contributed by atoms with van der Waals surface area (Å²) in [7, 11) is 0. The molecule has 3 N–H and O–H groups in total. The number of hydrogen-bond acceptors (Lipinski definition) is 2. The Morgan fingerprint density at radius 1 is 1.50 bits per heavy atom. The van der Waals surface area contributed by atoms with Crippen molar-refractivity contribution >= 4 is 0 Å². The Kier molecular flexibility index (Phi) is 3.32. The lowest BCUT2D eigenvalue weighted by molar-refractivity contribution is 0.566. The summed E-state index contributed by atoms with van der Waals surface area (Å²) in [4.78, 5) is 7.76. The molecule has 0 aliphatic rings. The first-order valence-electron chi connectivity index (χ1n) is 5.20. The molecule has 0 fully saturated rings. The molecule has 0 saturated carbocycles. The fourth-order valence-electron chi connectivity index (χ4n) is 1.35. The van der Waals surface area contributed by atoms with E-state index in [0.29, 0.717) is 12.5 Å². The van der Waals surface area contributed by atoms with E-state index in [1.165, 1.54) is 5.69 Å². The van der Waals surface area contributed by atoms with Crippen molar-refractivity contribution in [3.05, 3.63) is 17.7 Å². The van der Waals surface area contributed by atoms with Crippen LogP contribution in [0.3, 0.4) is 0 Å². The Morgan fingerprint density at radius 2 is 2.14 bits per heavy atom. The quantitative estimate of drug-likeness (QED) is 0.776. The first-order chi connectivity index (χ1) is 6.45. The Balaban J connectivity index is 2.78. The van der Waals surface area contributed by atoms with E-state index in [1.807, 2.05) is 6.20 Å². The molecule has 1 atom stereocenters. The normalized spacial score (nSPS) is 14.4. The highest BCUT2D eigenvalue weighted by molar-refractivity contribution is 5.13. The summed E-state index contributed by atoms with van der Waals surface area (Å²) < 4.78 is 0. The van der Waals surface area contributed by atoms with E-state index in [-0.39, 0.29) is 5.41 Å². The first kappa shape index (κ1) is 11.2. The van der Waals surface area contributed by atoms with Gasteiger partial charge in [0.05, 0.1) is 0 Å². The zero-order valence-electron chi connectivity index (χ0n) is 9.59. The highest BCUT2D eigenvalue weighted by atomic mass is 14.9. The average Bonchev–Trinajstić information content (AvgIpc) is 2.51. The van der Waals surface area contributed by atoms with Gasteiger partial charge in [0.1, 0.15) is 5.82 Å². The average molecular weight is 195 g/mol. The molecule has 1 aromatic rings. The molecule has 1 rings (SSSR count). The van der Waals surface area contributed by atoms with Gasteiger partial charge in [0.2, 0.25) is 0 Å². The highest BCUT2D eigenvalue weighted by Crippen LogP contribution is 2.22. The number of aromatic amines is 1. The smallest absolute Gasteiger partial charge is 0.109 e. The molecule has 80 valence electrons. The first-order valence-corrected chi connectivity index (χ1v) is 5.20. The van der Waals surface area contributed by atoms with Crippen molar-refractivity contribution in [3.63, 3.8) is 0 Å². The molecule has 0 spiro atoms. The Labute approximate surface area is 86.1 Å². The van der Waals surface area contributed by atoms with Gasteiger partial charge in [-0.3, -0.25) is 0 Å². The number of hydrogen-bond donors (Lipinski definition) is 2. The van der Waals surface area contributed by atoms with Crippen LogP contribution in [0.25, 0.3) is 0 Å². The summed E-state index contributed by atoms with van der Waals surface area (Å²) in [5.41, 5.74) is 6.86. The molecule has 1 heterocycles. The minimum atomic E-state index is 0.147. The summed E-state index contributed by atoms with van der Waals surface area (Å²) >= 11 is 0. The lowest BCUT2D eigenvalue weighted by atomic mass is 9.93. The van der Waals surface area contributed by atoms with Crippen LogP contribution >= 0.6 is 0 Å². The maximum absolute atomic E-state index is 5.52. The highest BCUT2D eigenvalue weighted by Gasteiger charge is 2.17. The molecular weight excluding hydrogens is 174 g/mol. The van der Waals surface area contributed by atoms with E-state index in [2.05, 4.69) is 37.7 Å². The Bertz CT molecular complexity index is 283. The van der Waals surface area contributed by atoms with Crippen LogP contribution in [0.15, 0.2) is 6.20 Å². The molecule has 3 nitrogen and oxygen atoms in total. The third-order valence-electron chi connectivity index (χ3n) is 2.47. The molecule has 14 heavy (non-hydrogen) atoms. The molecule has 0 bridgehead atoms. The van der Waals surface area contributed by atoms with Crippen molar-refractivity contribution in [1.82, 2.24) is 9.97 Å². The largest absolute Gasteiger partial charge is 0.345 e. The maximum atomic E-state index is 5.52. The molecule has 0 aliphatic carbocycles. The predicted octanol–water partition coefficient (Wildman–Crippen LogP) is 2.16. The molecule has 0 aromatic carbocycles. The van der Waals surface area contributed by atoms with Gasteiger partial charge in [-0.05, 0) is 13.0 Å². The van der Waals surface area contributed by atoms with E-state index in [4.69, 9.17) is 5.73 Å². The second-order valence-corrected chi connectivity index (χ2v) is 4.91. The fourth-order valence-corrected chi connectivity index (χ4v) is 1.35. The van der Waals surface area contributed by atoms with Gasteiger partial charge in [-0.25, -0.2) is 4.98 Å². The van der Waals surface area contributed by atoms with Gasteiger partial charge in [-0.1, -0.05) is 27.7 Å². The van der Waals surface area contributed by atoms with Gasteiger partial charge in [0.15, 0.2) is 0 Å². The lowest BCUT2D eigenvalue weighted by Crippen LogP contribution is -2.12. The van der Waals surface area contributed by atoms with E-state index in [0.717, 1.165) is 12.2 Å². The van der Waals surface area contributed by atoms with Crippen molar-refractivity contribution in [2.24, 2.45) is 5.73 Å². The van der Waals surface area contributed by atoms with Gasteiger partial charge in [-0.15, -0.1) is 0 Å². The summed E-state index contributed by atoms with van der Waals surface area (Å²) in [5, 5.41) is 0.